The third-order valence-corrected chi connectivity index (χ3v) is 10.3. The molecule has 0 aromatic carbocycles. The van der Waals surface area contributed by atoms with E-state index in [4.69, 9.17) is 0 Å². The zero-order valence-corrected chi connectivity index (χ0v) is 18.3. The number of carbonyl (C=O) groups is 1. The maximum absolute atomic E-state index is 14.6. The minimum atomic E-state index is -5.80. The Kier molecular flexibility index (Phi) is 5.19. The molecule has 178 valence electrons. The molecule has 31 heavy (non-hydrogen) atoms. The van der Waals surface area contributed by atoms with Crippen LogP contribution in [0.1, 0.15) is 65.7 Å². The zero-order valence-electron chi connectivity index (χ0n) is 18.3. The molecule has 0 heterocycles. The largest absolute Gasteiger partial charge is 0.456 e. The number of Topliss-reactive ketones (excluding diaryl/α,β-unsaturated/α-hetero) is 1. The van der Waals surface area contributed by atoms with Crippen molar-refractivity contribution >= 4 is 5.78 Å². The van der Waals surface area contributed by atoms with Gasteiger partial charge in [0.1, 0.15) is 11.4 Å². The maximum atomic E-state index is 14.6. The second kappa shape index (κ2) is 6.87. The highest BCUT2D eigenvalue weighted by Crippen LogP contribution is 2.72. The molecule has 0 spiro atoms. The minimum Gasteiger partial charge on any atom is -0.396 e. The highest BCUT2D eigenvalue weighted by atomic mass is 19.4. The van der Waals surface area contributed by atoms with Crippen molar-refractivity contribution in [2.45, 2.75) is 83.4 Å². The summed E-state index contributed by atoms with van der Waals surface area (Å²) in [4.78, 5) is 12.4. The van der Waals surface area contributed by atoms with Crippen LogP contribution >= 0.6 is 0 Å². The van der Waals surface area contributed by atoms with Crippen molar-refractivity contribution in [2.24, 2.45) is 46.3 Å². The molecule has 2 N–H and O–H groups in total. The first kappa shape index (κ1) is 23.4. The number of aliphatic hydroxyl groups is 2. The molecule has 8 heteroatoms. The van der Waals surface area contributed by atoms with Gasteiger partial charge in [0.25, 0.3) is 0 Å². The predicted molar refractivity (Wildman–Crippen MR) is 103 cm³/mol. The lowest BCUT2D eigenvalue weighted by Crippen LogP contribution is -2.66. The molecule has 0 aromatic rings. The summed E-state index contributed by atoms with van der Waals surface area (Å²) in [5.74, 6) is -5.74. The SMILES string of the molecule is CC1C[C@@H]2CC(=O)C(CO)C[C@]2(C)C2CC[C@@]3(C)C(CC[C@@]3(O)C(F)(F)C(F)(F)F)C12. The fourth-order valence-corrected chi connectivity index (χ4v) is 8.56. The van der Waals surface area contributed by atoms with Crippen molar-refractivity contribution in [1.82, 2.24) is 0 Å². The number of halogens is 5. The van der Waals surface area contributed by atoms with Gasteiger partial charge in [0.05, 0.1) is 6.61 Å². The highest BCUT2D eigenvalue weighted by Gasteiger charge is 2.79. The lowest BCUT2D eigenvalue weighted by atomic mass is 9.41. The molecule has 4 aliphatic rings. The van der Waals surface area contributed by atoms with Gasteiger partial charge in [0, 0.05) is 17.8 Å². The molecule has 0 saturated heterocycles. The first-order chi connectivity index (χ1) is 14.1. The molecule has 0 amide bonds. The second-order valence-electron chi connectivity index (χ2n) is 11.4. The topological polar surface area (TPSA) is 57.5 Å². The quantitative estimate of drug-likeness (QED) is 0.581. The molecule has 9 atom stereocenters. The van der Waals surface area contributed by atoms with Gasteiger partial charge in [0.2, 0.25) is 0 Å². The molecule has 0 aliphatic heterocycles. The van der Waals surface area contributed by atoms with Crippen LogP contribution in [0.2, 0.25) is 0 Å². The Morgan fingerprint density at radius 3 is 2.26 bits per heavy atom. The molecule has 3 nitrogen and oxygen atoms in total. The Labute approximate surface area is 179 Å². The van der Waals surface area contributed by atoms with Crippen molar-refractivity contribution in [1.29, 1.82) is 0 Å². The van der Waals surface area contributed by atoms with Gasteiger partial charge in [-0.25, -0.2) is 0 Å². The van der Waals surface area contributed by atoms with Gasteiger partial charge in [-0.15, -0.1) is 0 Å². The molecule has 0 radical (unpaired) electrons. The van der Waals surface area contributed by atoms with Crippen molar-refractivity contribution in [3.8, 4) is 0 Å². The van der Waals surface area contributed by atoms with Crippen LogP contribution in [-0.2, 0) is 4.79 Å². The summed E-state index contributed by atoms with van der Waals surface area (Å²) in [6, 6.07) is 0. The normalized spacial score (nSPS) is 50.6. The molecule has 4 fully saturated rings. The van der Waals surface area contributed by atoms with E-state index in [2.05, 4.69) is 6.92 Å². The number of fused-ring (bicyclic) bond motifs is 5. The first-order valence-electron chi connectivity index (χ1n) is 11.4. The van der Waals surface area contributed by atoms with Crippen LogP contribution < -0.4 is 0 Å². The molecular formula is C23H33F5O3. The summed E-state index contributed by atoms with van der Waals surface area (Å²) < 4.78 is 69.1. The Balaban J connectivity index is 1.71. The summed E-state index contributed by atoms with van der Waals surface area (Å²) in [5.41, 5.74) is -4.89. The third kappa shape index (κ3) is 2.85. The van der Waals surface area contributed by atoms with E-state index >= 15 is 0 Å². The fraction of sp³-hybridized carbons (Fsp3) is 0.957. The van der Waals surface area contributed by atoms with Gasteiger partial charge < -0.3 is 10.2 Å². The van der Waals surface area contributed by atoms with Gasteiger partial charge in [-0.1, -0.05) is 20.8 Å². The zero-order chi connectivity index (χ0) is 23.2. The molecule has 0 aromatic heterocycles. The van der Waals surface area contributed by atoms with Crippen LogP contribution in [0.3, 0.4) is 0 Å². The average Bonchev–Trinajstić information content (AvgIpc) is 2.94. The predicted octanol–water partition coefficient (Wildman–Crippen LogP) is 4.99. The Morgan fingerprint density at radius 1 is 1.06 bits per heavy atom. The van der Waals surface area contributed by atoms with Gasteiger partial charge >= 0.3 is 12.1 Å². The number of alkyl halides is 5. The van der Waals surface area contributed by atoms with E-state index in [1.807, 2.05) is 6.92 Å². The molecular weight excluding hydrogens is 419 g/mol. The van der Waals surface area contributed by atoms with Crippen molar-refractivity contribution < 1.29 is 37.0 Å². The first-order valence-corrected chi connectivity index (χ1v) is 11.4. The number of carbonyl (C=O) groups excluding carboxylic acids is 1. The van der Waals surface area contributed by atoms with Crippen molar-refractivity contribution in [3.63, 3.8) is 0 Å². The summed E-state index contributed by atoms with van der Waals surface area (Å²) >= 11 is 0. The average molecular weight is 453 g/mol. The monoisotopic (exact) mass is 452 g/mol. The molecule has 4 saturated carbocycles. The summed E-state index contributed by atoms with van der Waals surface area (Å²) in [6.07, 6.45) is -4.00. The summed E-state index contributed by atoms with van der Waals surface area (Å²) in [5, 5.41) is 20.6. The van der Waals surface area contributed by atoms with Gasteiger partial charge in [-0.3, -0.25) is 4.79 Å². The standard InChI is InChI=1S/C23H33F5O3/c1-12-8-14-9-17(30)13(11-29)10-19(14,2)15-4-6-20(3)16(18(12)15)5-7-21(20,31)22(24,25)23(26,27)28/h12-16,18,29,31H,4-11H2,1-3H3/t12?,13?,14-,15?,16?,18?,19+,20+,21+/m1/s1. The number of hydrogen-bond donors (Lipinski definition) is 2. The Hall–Kier alpha value is -0.760. The molecule has 5 unspecified atom stereocenters. The minimum absolute atomic E-state index is 0.0660. The summed E-state index contributed by atoms with van der Waals surface area (Å²) in [7, 11) is 0. The van der Waals surface area contributed by atoms with Gasteiger partial charge in [0.15, 0.2) is 0 Å². The van der Waals surface area contributed by atoms with E-state index in [0.29, 0.717) is 19.3 Å². The molecule has 0 bridgehead atoms. The van der Waals surface area contributed by atoms with E-state index in [1.54, 1.807) is 0 Å². The highest BCUT2D eigenvalue weighted by molar-refractivity contribution is 5.82. The molecule has 4 rings (SSSR count). The van der Waals surface area contributed by atoms with Crippen LogP contribution in [0.25, 0.3) is 0 Å². The smallest absolute Gasteiger partial charge is 0.396 e. The fourth-order valence-electron chi connectivity index (χ4n) is 8.56. The number of rotatable bonds is 2. The van der Waals surface area contributed by atoms with E-state index in [0.717, 1.165) is 6.42 Å². The number of aliphatic hydroxyl groups excluding tert-OH is 1. The van der Waals surface area contributed by atoms with Crippen LogP contribution in [0.5, 0.6) is 0 Å². The lowest BCUT2D eigenvalue weighted by molar-refractivity contribution is -0.364. The molecule has 4 aliphatic carbocycles. The van der Waals surface area contributed by atoms with Crippen LogP contribution in [0.15, 0.2) is 0 Å². The maximum Gasteiger partial charge on any atom is 0.456 e. The van der Waals surface area contributed by atoms with E-state index in [1.165, 1.54) is 6.92 Å². The Bertz CT molecular complexity index is 754. The number of ketones is 1. The third-order valence-electron chi connectivity index (χ3n) is 10.3. The summed E-state index contributed by atoms with van der Waals surface area (Å²) in [6.45, 7) is 5.35. The van der Waals surface area contributed by atoms with E-state index in [-0.39, 0.29) is 54.3 Å². The van der Waals surface area contributed by atoms with Crippen LogP contribution in [-0.4, -0.2) is 40.3 Å². The van der Waals surface area contributed by atoms with E-state index < -0.39 is 41.4 Å². The van der Waals surface area contributed by atoms with Crippen molar-refractivity contribution in [3.05, 3.63) is 0 Å². The number of hydrogen-bond acceptors (Lipinski definition) is 3. The second-order valence-corrected chi connectivity index (χ2v) is 11.4. The lowest BCUT2D eigenvalue weighted by Gasteiger charge is -2.63. The van der Waals surface area contributed by atoms with E-state index in [9.17, 15) is 37.0 Å². The van der Waals surface area contributed by atoms with Crippen molar-refractivity contribution in [2.75, 3.05) is 6.61 Å². The van der Waals surface area contributed by atoms with Gasteiger partial charge in [-0.05, 0) is 73.5 Å². The van der Waals surface area contributed by atoms with Gasteiger partial charge in [-0.2, -0.15) is 22.0 Å². The van der Waals surface area contributed by atoms with Crippen LogP contribution in [0, 0.1) is 46.3 Å². The van der Waals surface area contributed by atoms with Crippen LogP contribution in [0.4, 0.5) is 22.0 Å². The Morgan fingerprint density at radius 2 is 1.68 bits per heavy atom.